The van der Waals surface area contributed by atoms with Crippen LogP contribution in [0.2, 0.25) is 0 Å². The second kappa shape index (κ2) is 5.49. The smallest absolute Gasteiger partial charge is 0.158 e. The minimum atomic E-state index is -0.406. The van der Waals surface area contributed by atoms with E-state index in [0.29, 0.717) is 0 Å². The van der Waals surface area contributed by atoms with Gasteiger partial charge < -0.3 is 9.47 Å². The van der Waals surface area contributed by atoms with E-state index < -0.39 is 6.67 Å². The molecule has 1 rings (SSSR count). The molecule has 1 aliphatic rings. The Bertz CT molecular complexity index is 109. The highest BCUT2D eigenvalue weighted by molar-refractivity contribution is 4.58. The van der Waals surface area contributed by atoms with Gasteiger partial charge in [0.1, 0.15) is 6.67 Å². The lowest BCUT2D eigenvalue weighted by Gasteiger charge is -2.25. The normalized spacial score (nSPS) is 27.0. The fourth-order valence-corrected chi connectivity index (χ4v) is 1.27. The van der Waals surface area contributed by atoms with Crippen LogP contribution >= 0.6 is 0 Å². The summed E-state index contributed by atoms with van der Waals surface area (Å²) in [6.45, 7) is 2.27. The summed E-state index contributed by atoms with van der Waals surface area (Å²) in [5.41, 5.74) is 0. The van der Waals surface area contributed by atoms with Gasteiger partial charge in [0.15, 0.2) is 6.29 Å². The van der Waals surface area contributed by atoms with E-state index in [1.54, 1.807) is 0 Å². The lowest BCUT2D eigenvalue weighted by Crippen LogP contribution is -2.28. The molecule has 0 N–H and O–H groups in total. The maximum atomic E-state index is 12.2. The zero-order valence-corrected chi connectivity index (χ0v) is 7.59. The summed E-state index contributed by atoms with van der Waals surface area (Å²) in [5.74, 6) is 0. The molecule has 0 amide bonds. The molecule has 2 atom stereocenters. The monoisotopic (exact) mass is 176 g/mol. The van der Waals surface area contributed by atoms with Crippen LogP contribution in [0.25, 0.3) is 0 Å². The molecule has 0 bridgehead atoms. The zero-order valence-electron chi connectivity index (χ0n) is 7.59. The Morgan fingerprint density at radius 3 is 2.92 bits per heavy atom. The van der Waals surface area contributed by atoms with Crippen molar-refractivity contribution in [2.24, 2.45) is 0 Å². The molecule has 1 heterocycles. The van der Waals surface area contributed by atoms with Gasteiger partial charge in [-0.05, 0) is 25.7 Å². The van der Waals surface area contributed by atoms with Crippen LogP contribution in [0.15, 0.2) is 0 Å². The van der Waals surface area contributed by atoms with Gasteiger partial charge in [-0.1, -0.05) is 6.92 Å². The van der Waals surface area contributed by atoms with Crippen LogP contribution in [0.4, 0.5) is 4.39 Å². The van der Waals surface area contributed by atoms with E-state index in [2.05, 4.69) is 0 Å². The third-order valence-corrected chi connectivity index (χ3v) is 2.11. The maximum absolute atomic E-state index is 12.2. The van der Waals surface area contributed by atoms with Crippen LogP contribution in [-0.4, -0.2) is 25.7 Å². The Hall–Kier alpha value is -0.150. The summed E-state index contributed by atoms with van der Waals surface area (Å²) in [6.07, 6.45) is 3.44. The summed E-state index contributed by atoms with van der Waals surface area (Å²) in [5, 5.41) is 0. The van der Waals surface area contributed by atoms with Gasteiger partial charge >= 0.3 is 0 Å². The van der Waals surface area contributed by atoms with Crippen LogP contribution in [0.5, 0.6) is 0 Å². The van der Waals surface area contributed by atoms with Gasteiger partial charge in [-0.15, -0.1) is 0 Å². The average molecular weight is 176 g/mol. The predicted octanol–water partition coefficient (Wildman–Crippen LogP) is 2.28. The number of alkyl halides is 1. The Morgan fingerprint density at radius 2 is 2.42 bits per heavy atom. The van der Waals surface area contributed by atoms with Crippen molar-refractivity contribution in [2.45, 2.75) is 45.0 Å². The number of halogens is 1. The molecule has 2 unspecified atom stereocenters. The van der Waals surface area contributed by atoms with Gasteiger partial charge in [-0.2, -0.15) is 0 Å². The van der Waals surface area contributed by atoms with Crippen LogP contribution in [0, 0.1) is 0 Å². The first-order chi connectivity index (χ1) is 5.86. The van der Waals surface area contributed by atoms with Crippen LogP contribution in [0.1, 0.15) is 32.6 Å². The molecule has 12 heavy (non-hydrogen) atoms. The van der Waals surface area contributed by atoms with Gasteiger partial charge in [0.05, 0.1) is 6.10 Å². The third-order valence-electron chi connectivity index (χ3n) is 2.11. The lowest BCUT2D eigenvalue weighted by atomic mass is 10.2. The van der Waals surface area contributed by atoms with Crippen molar-refractivity contribution < 1.29 is 13.9 Å². The number of hydrogen-bond acceptors (Lipinski definition) is 2. The van der Waals surface area contributed by atoms with Crippen molar-refractivity contribution in [3.63, 3.8) is 0 Å². The van der Waals surface area contributed by atoms with Gasteiger partial charge in [0, 0.05) is 6.61 Å². The second-order valence-corrected chi connectivity index (χ2v) is 3.12. The molecule has 0 saturated carbocycles. The molecule has 0 aromatic rings. The van der Waals surface area contributed by atoms with E-state index in [1.807, 2.05) is 6.92 Å². The minimum absolute atomic E-state index is 0.153. The largest absolute Gasteiger partial charge is 0.353 e. The van der Waals surface area contributed by atoms with Crippen molar-refractivity contribution >= 4 is 0 Å². The first-order valence-corrected chi connectivity index (χ1v) is 4.69. The number of hydrogen-bond donors (Lipinski definition) is 0. The summed E-state index contributed by atoms with van der Waals surface area (Å²) < 4.78 is 22.9. The van der Waals surface area contributed by atoms with Gasteiger partial charge in [-0.3, -0.25) is 0 Å². The van der Waals surface area contributed by atoms with Crippen LogP contribution in [0.3, 0.4) is 0 Å². The molecule has 0 spiro atoms. The first-order valence-electron chi connectivity index (χ1n) is 4.69. The molecule has 0 aromatic heterocycles. The molecule has 0 aromatic carbocycles. The first kappa shape index (κ1) is 9.93. The molecule has 1 aliphatic heterocycles. The van der Waals surface area contributed by atoms with E-state index in [9.17, 15) is 4.39 Å². The fourth-order valence-electron chi connectivity index (χ4n) is 1.27. The SMILES string of the molecule is CCC(CF)OC1CCCCO1. The number of ether oxygens (including phenoxy) is 2. The quantitative estimate of drug-likeness (QED) is 0.654. The maximum Gasteiger partial charge on any atom is 0.158 e. The molecule has 0 radical (unpaired) electrons. The zero-order chi connectivity index (χ0) is 8.81. The molecule has 2 nitrogen and oxygen atoms in total. The molecule has 0 aliphatic carbocycles. The highest BCUT2D eigenvalue weighted by Crippen LogP contribution is 2.16. The summed E-state index contributed by atoms with van der Waals surface area (Å²) >= 11 is 0. The Labute approximate surface area is 73.0 Å². The molecular formula is C9H17FO2. The summed E-state index contributed by atoms with van der Waals surface area (Å²) in [6, 6.07) is 0. The Morgan fingerprint density at radius 1 is 1.58 bits per heavy atom. The van der Waals surface area contributed by atoms with Gasteiger partial charge in [-0.25, -0.2) is 4.39 Å². The van der Waals surface area contributed by atoms with Crippen LogP contribution in [-0.2, 0) is 9.47 Å². The summed E-state index contributed by atoms with van der Waals surface area (Å²) in [4.78, 5) is 0. The highest BCUT2D eigenvalue weighted by Gasteiger charge is 2.18. The Balaban J connectivity index is 2.18. The molecular weight excluding hydrogens is 159 g/mol. The van der Waals surface area contributed by atoms with Crippen molar-refractivity contribution in [1.82, 2.24) is 0 Å². The van der Waals surface area contributed by atoms with E-state index in [4.69, 9.17) is 9.47 Å². The van der Waals surface area contributed by atoms with E-state index in [0.717, 1.165) is 32.3 Å². The van der Waals surface area contributed by atoms with Gasteiger partial charge in [0.25, 0.3) is 0 Å². The van der Waals surface area contributed by atoms with Crippen molar-refractivity contribution in [3.8, 4) is 0 Å². The standard InChI is InChI=1S/C9H17FO2/c1-2-8(7-10)12-9-5-3-4-6-11-9/h8-9H,2-7H2,1H3. The Kier molecular flexibility index (Phi) is 4.54. The minimum Gasteiger partial charge on any atom is -0.353 e. The average Bonchev–Trinajstić information content (AvgIpc) is 2.16. The van der Waals surface area contributed by atoms with Crippen LogP contribution < -0.4 is 0 Å². The molecule has 3 heteroatoms. The van der Waals surface area contributed by atoms with E-state index in [-0.39, 0.29) is 12.4 Å². The summed E-state index contributed by atoms with van der Waals surface area (Å²) in [7, 11) is 0. The molecule has 1 saturated heterocycles. The molecule has 1 fully saturated rings. The highest BCUT2D eigenvalue weighted by atomic mass is 19.1. The van der Waals surface area contributed by atoms with Crippen molar-refractivity contribution in [3.05, 3.63) is 0 Å². The molecule has 72 valence electrons. The third kappa shape index (κ3) is 3.07. The van der Waals surface area contributed by atoms with E-state index in [1.165, 1.54) is 0 Å². The fraction of sp³-hybridized carbons (Fsp3) is 1.00. The van der Waals surface area contributed by atoms with Crippen molar-refractivity contribution in [2.75, 3.05) is 13.3 Å². The number of rotatable bonds is 4. The lowest BCUT2D eigenvalue weighted by molar-refractivity contribution is -0.191. The van der Waals surface area contributed by atoms with E-state index >= 15 is 0 Å². The van der Waals surface area contributed by atoms with Gasteiger partial charge in [0.2, 0.25) is 0 Å². The second-order valence-electron chi connectivity index (χ2n) is 3.12. The topological polar surface area (TPSA) is 18.5 Å². The van der Waals surface area contributed by atoms with Crippen molar-refractivity contribution in [1.29, 1.82) is 0 Å². The predicted molar refractivity (Wildman–Crippen MR) is 44.7 cm³/mol.